The van der Waals surface area contributed by atoms with Crippen LogP contribution in [-0.4, -0.2) is 9.97 Å². The average molecular weight is 261 g/mol. The topological polar surface area (TPSA) is 65.7 Å². The molecule has 1 aromatic rings. The van der Waals surface area contributed by atoms with Crippen LogP contribution in [0.25, 0.3) is 0 Å². The molecule has 0 bridgehead atoms. The molecule has 0 spiro atoms. The summed E-state index contributed by atoms with van der Waals surface area (Å²) in [6, 6.07) is 0. The first-order chi connectivity index (χ1) is 6.47. The van der Waals surface area contributed by atoms with Crippen LogP contribution in [0.5, 0.6) is 0 Å². The van der Waals surface area contributed by atoms with Crippen LogP contribution in [0.1, 0.15) is 0 Å². The van der Waals surface area contributed by atoms with E-state index in [-0.39, 0.29) is 4.49 Å². The minimum Gasteiger partial charge on any atom is -0.311 e. The third-order valence-electron chi connectivity index (χ3n) is 0.856. The second kappa shape index (κ2) is 6.64. The van der Waals surface area contributed by atoms with Crippen LogP contribution in [0.4, 0.5) is 4.39 Å². The monoisotopic (exact) mass is 260 g/mol. The second-order valence-electron chi connectivity index (χ2n) is 1.82. The SMILES string of the molecule is ClC=C(Cl)Cl.O=c1[nH]cc(F)c(=O)[nH]1. The van der Waals surface area contributed by atoms with Gasteiger partial charge in [0.25, 0.3) is 5.56 Å². The smallest absolute Gasteiger partial charge is 0.311 e. The minimum absolute atomic E-state index is 0.0895. The quantitative estimate of drug-likeness (QED) is 0.746. The molecule has 0 atom stereocenters. The van der Waals surface area contributed by atoms with E-state index in [1.807, 2.05) is 4.98 Å². The molecule has 8 heteroatoms. The number of rotatable bonds is 0. The molecule has 0 saturated carbocycles. The van der Waals surface area contributed by atoms with Crippen LogP contribution in [0, 0.1) is 5.82 Å². The lowest BCUT2D eigenvalue weighted by atomic mass is 10.6. The molecule has 1 rings (SSSR count). The Labute approximate surface area is 92.3 Å². The second-order valence-corrected chi connectivity index (χ2v) is 3.04. The van der Waals surface area contributed by atoms with Crippen molar-refractivity contribution in [1.82, 2.24) is 9.97 Å². The highest BCUT2D eigenvalue weighted by Crippen LogP contribution is 2.05. The Hall–Kier alpha value is -0.780. The molecule has 0 aromatic carbocycles. The molecule has 0 amide bonds. The molecule has 0 unspecified atom stereocenters. The Bertz CT molecular complexity index is 422. The molecule has 1 heterocycles. The third-order valence-corrected chi connectivity index (χ3v) is 1.52. The fraction of sp³-hybridized carbons (Fsp3) is 0. The molecule has 0 aliphatic rings. The van der Waals surface area contributed by atoms with Gasteiger partial charge in [0, 0.05) is 11.7 Å². The van der Waals surface area contributed by atoms with E-state index < -0.39 is 17.1 Å². The molecule has 78 valence electrons. The summed E-state index contributed by atoms with van der Waals surface area (Å²) >= 11 is 14.8. The zero-order chi connectivity index (χ0) is 11.1. The summed E-state index contributed by atoms with van der Waals surface area (Å²) in [5.74, 6) is -0.991. The number of halogens is 4. The first-order valence-electron chi connectivity index (χ1n) is 3.06. The van der Waals surface area contributed by atoms with Crippen molar-refractivity contribution in [3.05, 3.63) is 42.9 Å². The predicted molar refractivity (Wildman–Crippen MR) is 53.3 cm³/mol. The normalized spacial score (nSPS) is 8.57. The summed E-state index contributed by atoms with van der Waals surface area (Å²) in [7, 11) is 0. The highest BCUT2D eigenvalue weighted by Gasteiger charge is 1.93. The number of nitrogens with one attached hydrogen (secondary N) is 2. The Morgan fingerprint density at radius 2 is 1.93 bits per heavy atom. The number of H-pyrrole nitrogens is 2. The third kappa shape index (κ3) is 5.80. The van der Waals surface area contributed by atoms with Gasteiger partial charge in [-0.3, -0.25) is 9.78 Å². The van der Waals surface area contributed by atoms with Crippen LogP contribution < -0.4 is 11.2 Å². The van der Waals surface area contributed by atoms with E-state index in [4.69, 9.17) is 34.8 Å². The van der Waals surface area contributed by atoms with Gasteiger partial charge in [-0.15, -0.1) is 0 Å². The summed E-state index contributed by atoms with van der Waals surface area (Å²) < 4.78 is 12.1. The average Bonchev–Trinajstić information content (AvgIpc) is 2.13. The zero-order valence-electron chi connectivity index (χ0n) is 6.48. The van der Waals surface area contributed by atoms with Crippen molar-refractivity contribution in [2.45, 2.75) is 0 Å². The summed E-state index contributed by atoms with van der Waals surface area (Å²) in [6.07, 6.45) is 0.709. The summed E-state index contributed by atoms with van der Waals surface area (Å²) in [5.41, 5.74) is -0.622. The fourth-order valence-corrected chi connectivity index (χ4v) is 0.393. The number of hydrogen-bond donors (Lipinski definition) is 2. The number of aromatic amines is 2. The lowest BCUT2D eigenvalue weighted by molar-refractivity contribution is 0.597. The van der Waals surface area contributed by atoms with Gasteiger partial charge < -0.3 is 4.98 Å². The molecular weight excluding hydrogens is 257 g/mol. The molecule has 0 saturated heterocycles. The Balaban J connectivity index is 0.000000292. The molecule has 0 radical (unpaired) electrons. The summed E-state index contributed by atoms with van der Waals surface area (Å²) in [4.78, 5) is 24.0. The Morgan fingerprint density at radius 3 is 2.21 bits per heavy atom. The summed E-state index contributed by atoms with van der Waals surface area (Å²) in [6.45, 7) is 0. The molecule has 2 N–H and O–H groups in total. The highest BCUT2D eigenvalue weighted by atomic mass is 35.5. The van der Waals surface area contributed by atoms with E-state index >= 15 is 0 Å². The van der Waals surface area contributed by atoms with E-state index in [9.17, 15) is 14.0 Å². The maximum absolute atomic E-state index is 12.0. The van der Waals surface area contributed by atoms with Crippen molar-refractivity contribution >= 4 is 34.8 Å². The molecule has 0 aliphatic heterocycles. The van der Waals surface area contributed by atoms with Gasteiger partial charge in [0.15, 0.2) is 0 Å². The van der Waals surface area contributed by atoms with Crippen molar-refractivity contribution in [2.24, 2.45) is 0 Å². The van der Waals surface area contributed by atoms with Gasteiger partial charge in [-0.25, -0.2) is 4.79 Å². The first kappa shape index (κ1) is 13.2. The maximum atomic E-state index is 12.0. The number of hydrogen-bond acceptors (Lipinski definition) is 2. The molecule has 0 aliphatic carbocycles. The minimum atomic E-state index is -1.00. The largest absolute Gasteiger partial charge is 0.325 e. The maximum Gasteiger partial charge on any atom is 0.325 e. The van der Waals surface area contributed by atoms with E-state index in [0.29, 0.717) is 6.20 Å². The molecule has 14 heavy (non-hydrogen) atoms. The molecule has 4 nitrogen and oxygen atoms in total. The molecular formula is C6H4Cl3FN2O2. The first-order valence-corrected chi connectivity index (χ1v) is 4.25. The highest BCUT2D eigenvalue weighted by molar-refractivity contribution is 6.58. The standard InChI is InChI=1S/C4H3FN2O2.C2HCl3/c5-2-1-6-4(9)7-3(2)8;3-1-2(4)5/h1H,(H2,6,7,8,9);1H. The van der Waals surface area contributed by atoms with Crippen LogP contribution in [0.15, 0.2) is 25.8 Å². The van der Waals surface area contributed by atoms with Crippen molar-refractivity contribution in [3.63, 3.8) is 0 Å². The Kier molecular flexibility index (Phi) is 6.27. The van der Waals surface area contributed by atoms with Gasteiger partial charge in [0.2, 0.25) is 5.82 Å². The fourth-order valence-electron chi connectivity index (χ4n) is 0.393. The van der Waals surface area contributed by atoms with Gasteiger partial charge in [0.1, 0.15) is 4.49 Å². The molecule has 1 aromatic heterocycles. The van der Waals surface area contributed by atoms with E-state index in [1.54, 1.807) is 4.98 Å². The number of aromatic nitrogens is 2. The van der Waals surface area contributed by atoms with Gasteiger partial charge in [-0.2, -0.15) is 4.39 Å². The predicted octanol–water partition coefficient (Wildman–Crippen LogP) is 1.70. The van der Waals surface area contributed by atoms with E-state index in [0.717, 1.165) is 5.54 Å². The van der Waals surface area contributed by atoms with Crippen molar-refractivity contribution in [1.29, 1.82) is 0 Å². The van der Waals surface area contributed by atoms with Crippen molar-refractivity contribution in [2.75, 3.05) is 0 Å². The van der Waals surface area contributed by atoms with Gasteiger partial charge in [-0.1, -0.05) is 34.8 Å². The Morgan fingerprint density at radius 1 is 1.43 bits per heavy atom. The van der Waals surface area contributed by atoms with Crippen molar-refractivity contribution in [3.8, 4) is 0 Å². The van der Waals surface area contributed by atoms with Crippen LogP contribution >= 0.6 is 34.8 Å². The molecule has 0 fully saturated rings. The van der Waals surface area contributed by atoms with E-state index in [1.165, 1.54) is 0 Å². The van der Waals surface area contributed by atoms with Crippen LogP contribution in [0.2, 0.25) is 0 Å². The lowest BCUT2D eigenvalue weighted by Gasteiger charge is -1.81. The zero-order valence-corrected chi connectivity index (χ0v) is 8.75. The van der Waals surface area contributed by atoms with Crippen LogP contribution in [-0.2, 0) is 0 Å². The van der Waals surface area contributed by atoms with Gasteiger partial charge in [0.05, 0.1) is 0 Å². The lowest BCUT2D eigenvalue weighted by Crippen LogP contribution is -2.23. The van der Waals surface area contributed by atoms with Gasteiger partial charge in [-0.05, 0) is 0 Å². The van der Waals surface area contributed by atoms with Gasteiger partial charge >= 0.3 is 5.69 Å². The van der Waals surface area contributed by atoms with Crippen molar-refractivity contribution < 1.29 is 4.39 Å². The summed E-state index contributed by atoms with van der Waals surface area (Å²) in [5, 5.41) is 0. The van der Waals surface area contributed by atoms with Crippen LogP contribution in [0.3, 0.4) is 0 Å². The van der Waals surface area contributed by atoms with E-state index in [2.05, 4.69) is 0 Å².